The largest absolute Gasteiger partial charge is 0.494 e. The lowest BCUT2D eigenvalue weighted by molar-refractivity contribution is -0.114. The Kier molecular flexibility index (Phi) is 11.6. The predicted molar refractivity (Wildman–Crippen MR) is 206 cm³/mol. The van der Waals surface area contributed by atoms with Crippen molar-refractivity contribution in [2.45, 2.75) is 22.5 Å². The molecule has 12 nitrogen and oxygen atoms in total. The number of carbonyl (C=O) groups excluding carboxylic acids is 2. The maximum Gasteiger partial charge on any atom is 0.337 e. The van der Waals surface area contributed by atoms with E-state index in [0.29, 0.717) is 33.0 Å². The lowest BCUT2D eigenvalue weighted by atomic mass is 9.99. The molecule has 0 fully saturated rings. The standard InChI is InChI=1S/C36H30N4O8S4/c1-3-47-21-7-11-27-29(15-21)51-35(39-27)49-17-31(41)37-25-9-5-19(13-23(25)33(43)44)20-6-10-26(24(14-20)34(45)46)38-32(42)18-50-36-40-28-12-8-22(48-4-2)16-30(28)52-36/h5-16H,3-4,17-18H2,1-2H3,(H,37,41)(H,38,42)(H,43,44)(H,45,46). The van der Waals surface area contributed by atoms with E-state index in [-0.39, 0.29) is 34.0 Å². The first-order valence-electron chi connectivity index (χ1n) is 15.8. The Hall–Kier alpha value is -5.16. The van der Waals surface area contributed by atoms with Gasteiger partial charge in [0.15, 0.2) is 8.68 Å². The molecular weight excluding hydrogens is 745 g/mol. The van der Waals surface area contributed by atoms with Crippen molar-refractivity contribution in [1.29, 1.82) is 0 Å². The Morgan fingerprint density at radius 3 is 1.44 bits per heavy atom. The van der Waals surface area contributed by atoms with Gasteiger partial charge in [0.1, 0.15) is 11.5 Å². The highest BCUT2D eigenvalue weighted by Crippen LogP contribution is 2.34. The Balaban J connectivity index is 1.10. The minimum atomic E-state index is -1.27. The topological polar surface area (TPSA) is 177 Å². The maximum atomic E-state index is 12.8. The Labute approximate surface area is 313 Å². The number of carboxylic acids is 2. The summed E-state index contributed by atoms with van der Waals surface area (Å²) < 4.78 is 14.3. The summed E-state index contributed by atoms with van der Waals surface area (Å²) in [5.74, 6) is -1.90. The average molecular weight is 775 g/mol. The summed E-state index contributed by atoms with van der Waals surface area (Å²) in [5, 5.41) is 25.3. The van der Waals surface area contributed by atoms with E-state index in [1.54, 1.807) is 12.1 Å². The number of fused-ring (bicyclic) bond motifs is 2. The molecule has 2 heterocycles. The van der Waals surface area contributed by atoms with Crippen LogP contribution in [-0.2, 0) is 9.59 Å². The van der Waals surface area contributed by atoms with Crippen molar-refractivity contribution in [3.05, 3.63) is 83.9 Å². The first-order valence-corrected chi connectivity index (χ1v) is 19.4. The maximum absolute atomic E-state index is 12.8. The number of benzene rings is 4. The molecule has 0 spiro atoms. The van der Waals surface area contributed by atoms with Crippen LogP contribution in [-0.4, -0.2) is 68.7 Å². The second kappa shape index (κ2) is 16.5. The van der Waals surface area contributed by atoms with Crippen LogP contribution >= 0.6 is 46.2 Å². The SMILES string of the molecule is CCOc1ccc2nc(SCC(=O)Nc3ccc(-c4ccc(NC(=O)CSc5nc6ccc(OCC)cc6s5)c(C(=O)O)c4)cc3C(=O)O)sc2c1. The van der Waals surface area contributed by atoms with E-state index in [1.165, 1.54) is 70.5 Å². The van der Waals surface area contributed by atoms with Crippen LogP contribution in [0.5, 0.6) is 11.5 Å². The quantitative estimate of drug-likeness (QED) is 0.0737. The van der Waals surface area contributed by atoms with Gasteiger partial charge in [-0.25, -0.2) is 19.6 Å². The normalized spacial score (nSPS) is 11.0. The number of nitrogens with one attached hydrogen (secondary N) is 2. The van der Waals surface area contributed by atoms with Crippen LogP contribution in [0.4, 0.5) is 11.4 Å². The zero-order valence-corrected chi connectivity index (χ0v) is 30.9. The number of aromatic carboxylic acids is 2. The van der Waals surface area contributed by atoms with Crippen molar-refractivity contribution in [3.8, 4) is 22.6 Å². The van der Waals surface area contributed by atoms with Gasteiger partial charge in [0, 0.05) is 0 Å². The third-order valence-electron chi connectivity index (χ3n) is 7.34. The second-order valence-corrected chi connectivity index (χ2v) is 15.4. The number of thiazole rings is 2. The van der Waals surface area contributed by atoms with Gasteiger partial charge in [-0.2, -0.15) is 0 Å². The number of amides is 2. The van der Waals surface area contributed by atoms with Gasteiger partial charge in [0.05, 0.1) is 67.7 Å². The molecule has 0 saturated carbocycles. The number of aromatic nitrogens is 2. The van der Waals surface area contributed by atoms with E-state index in [4.69, 9.17) is 9.47 Å². The Bertz CT molecular complexity index is 2160. The van der Waals surface area contributed by atoms with Gasteiger partial charge < -0.3 is 30.3 Å². The van der Waals surface area contributed by atoms with Crippen molar-refractivity contribution in [1.82, 2.24) is 9.97 Å². The third-order valence-corrected chi connectivity index (χ3v) is 11.7. The number of nitrogens with zero attached hydrogens (tertiary/aromatic N) is 2. The molecule has 0 saturated heterocycles. The third kappa shape index (κ3) is 8.82. The summed E-state index contributed by atoms with van der Waals surface area (Å²) in [6.07, 6.45) is 0. The molecule has 4 aromatic carbocycles. The molecule has 2 aromatic heterocycles. The molecule has 0 bridgehead atoms. The monoisotopic (exact) mass is 774 g/mol. The molecular formula is C36H30N4O8S4. The van der Waals surface area contributed by atoms with E-state index in [2.05, 4.69) is 20.6 Å². The van der Waals surface area contributed by atoms with Crippen LogP contribution < -0.4 is 20.1 Å². The molecule has 0 aliphatic carbocycles. The fourth-order valence-corrected chi connectivity index (χ4v) is 8.84. The molecule has 4 N–H and O–H groups in total. The zero-order valence-electron chi connectivity index (χ0n) is 27.6. The molecule has 266 valence electrons. The van der Waals surface area contributed by atoms with Gasteiger partial charge in [-0.3, -0.25) is 9.59 Å². The Morgan fingerprint density at radius 1 is 0.635 bits per heavy atom. The van der Waals surface area contributed by atoms with Crippen molar-refractivity contribution in [3.63, 3.8) is 0 Å². The van der Waals surface area contributed by atoms with Crippen molar-refractivity contribution in [2.24, 2.45) is 0 Å². The van der Waals surface area contributed by atoms with E-state index in [1.807, 2.05) is 50.2 Å². The number of rotatable bonds is 15. The van der Waals surface area contributed by atoms with Crippen molar-refractivity contribution < 1.29 is 38.9 Å². The highest BCUT2D eigenvalue weighted by Gasteiger charge is 2.19. The van der Waals surface area contributed by atoms with Gasteiger partial charge in [0.2, 0.25) is 11.8 Å². The van der Waals surface area contributed by atoms with Gasteiger partial charge in [-0.15, -0.1) is 22.7 Å². The summed E-state index contributed by atoms with van der Waals surface area (Å²) in [5.41, 5.74) is 2.24. The molecule has 0 atom stereocenters. The number of hydrogen-bond donors (Lipinski definition) is 4. The van der Waals surface area contributed by atoms with Crippen LogP contribution in [0.1, 0.15) is 34.6 Å². The average Bonchev–Trinajstić information content (AvgIpc) is 3.73. The number of hydrogen-bond acceptors (Lipinski definition) is 12. The van der Waals surface area contributed by atoms with Crippen molar-refractivity contribution in [2.75, 3.05) is 35.4 Å². The first kappa shape index (κ1) is 36.6. The number of carbonyl (C=O) groups is 4. The van der Waals surface area contributed by atoms with E-state index in [9.17, 15) is 29.4 Å². The smallest absolute Gasteiger partial charge is 0.337 e. The van der Waals surface area contributed by atoms with Crippen LogP contribution in [0.25, 0.3) is 31.6 Å². The summed E-state index contributed by atoms with van der Waals surface area (Å²) >= 11 is 5.33. The van der Waals surface area contributed by atoms with E-state index >= 15 is 0 Å². The van der Waals surface area contributed by atoms with Crippen LogP contribution in [0.2, 0.25) is 0 Å². The molecule has 6 rings (SSSR count). The van der Waals surface area contributed by atoms with Gasteiger partial charge in [-0.05, 0) is 85.6 Å². The van der Waals surface area contributed by atoms with Gasteiger partial charge in [-0.1, -0.05) is 35.7 Å². The van der Waals surface area contributed by atoms with Crippen LogP contribution in [0.15, 0.2) is 81.5 Å². The number of carboxylic acid groups (broad SMARTS) is 2. The zero-order chi connectivity index (χ0) is 36.8. The molecule has 0 radical (unpaired) electrons. The summed E-state index contributed by atoms with van der Waals surface area (Å²) in [6, 6.07) is 20.0. The Morgan fingerprint density at radius 2 is 1.06 bits per heavy atom. The first-order chi connectivity index (χ1) is 25.1. The minimum Gasteiger partial charge on any atom is -0.494 e. The molecule has 0 aliphatic rings. The summed E-state index contributed by atoms with van der Waals surface area (Å²) in [4.78, 5) is 59.2. The molecule has 6 aromatic rings. The highest BCUT2D eigenvalue weighted by atomic mass is 32.2. The molecule has 0 aliphatic heterocycles. The summed E-state index contributed by atoms with van der Waals surface area (Å²) in [7, 11) is 0. The second-order valence-electron chi connectivity index (χ2n) is 10.9. The molecule has 16 heteroatoms. The fraction of sp³-hybridized carbons (Fsp3) is 0.167. The highest BCUT2D eigenvalue weighted by molar-refractivity contribution is 8.02. The summed E-state index contributed by atoms with van der Waals surface area (Å²) in [6.45, 7) is 4.90. The minimum absolute atomic E-state index is 0.00251. The van der Waals surface area contributed by atoms with E-state index < -0.39 is 23.8 Å². The fourth-order valence-electron chi connectivity index (χ4n) is 5.05. The number of anilines is 2. The van der Waals surface area contributed by atoms with Crippen molar-refractivity contribution >= 4 is 102 Å². The predicted octanol–water partition coefficient (Wildman–Crippen LogP) is 8.23. The van der Waals surface area contributed by atoms with Crippen LogP contribution in [0, 0.1) is 0 Å². The molecule has 2 amide bonds. The lowest BCUT2D eigenvalue weighted by Gasteiger charge is -2.13. The lowest BCUT2D eigenvalue weighted by Crippen LogP contribution is -2.17. The number of ether oxygens (including phenoxy) is 2. The molecule has 52 heavy (non-hydrogen) atoms. The molecule has 0 unspecified atom stereocenters. The van der Waals surface area contributed by atoms with Gasteiger partial charge >= 0.3 is 11.9 Å². The number of thioether (sulfide) groups is 2. The van der Waals surface area contributed by atoms with E-state index in [0.717, 1.165) is 31.9 Å². The van der Waals surface area contributed by atoms with Crippen LogP contribution in [0.3, 0.4) is 0 Å². The van der Waals surface area contributed by atoms with Gasteiger partial charge in [0.25, 0.3) is 0 Å².